The van der Waals surface area contributed by atoms with Crippen LogP contribution in [0.3, 0.4) is 0 Å². The van der Waals surface area contributed by atoms with Crippen molar-refractivity contribution in [3.8, 4) is 56.1 Å². The van der Waals surface area contributed by atoms with Crippen molar-refractivity contribution in [3.05, 3.63) is 201 Å². The Morgan fingerprint density at radius 2 is 0.862 bits per heavy atom. The van der Waals surface area contributed by atoms with Gasteiger partial charge in [0.25, 0.3) is 0 Å². The molecule has 0 unspecified atom stereocenters. The first-order chi connectivity index (χ1) is 32.2. The summed E-state index contributed by atoms with van der Waals surface area (Å²) in [5.74, 6) is 0. The number of pyridine rings is 5. The third kappa shape index (κ3) is 6.34. The van der Waals surface area contributed by atoms with Gasteiger partial charge in [0.15, 0.2) is 0 Å². The molecule has 13 rings (SSSR count). The van der Waals surface area contributed by atoms with Crippen molar-refractivity contribution in [1.82, 2.24) is 34.1 Å². The second kappa shape index (κ2) is 15.6. The van der Waals surface area contributed by atoms with E-state index in [0.717, 1.165) is 122 Å². The Kier molecular flexibility index (Phi) is 9.08. The molecular formula is C57H39N7O. The van der Waals surface area contributed by atoms with Crippen LogP contribution in [0.2, 0.25) is 0 Å². The van der Waals surface area contributed by atoms with Gasteiger partial charge in [0, 0.05) is 92.4 Å². The van der Waals surface area contributed by atoms with Crippen molar-refractivity contribution < 1.29 is 4.42 Å². The summed E-state index contributed by atoms with van der Waals surface area (Å²) in [4.78, 5) is 24.7. The maximum Gasteiger partial charge on any atom is 0.135 e. The van der Waals surface area contributed by atoms with Crippen LogP contribution in [0.5, 0.6) is 0 Å². The number of furan rings is 1. The largest absolute Gasteiger partial charge is 0.456 e. The first-order valence-electron chi connectivity index (χ1n) is 21.9. The third-order valence-corrected chi connectivity index (χ3v) is 12.2. The average Bonchev–Trinajstić information content (AvgIpc) is 4.04. The molecule has 13 aromatic rings. The minimum absolute atomic E-state index is 0.798. The van der Waals surface area contributed by atoms with Crippen molar-refractivity contribution in [3.63, 3.8) is 0 Å². The maximum absolute atomic E-state index is 6.20. The van der Waals surface area contributed by atoms with Gasteiger partial charge in [-0.3, -0.25) is 15.0 Å². The van der Waals surface area contributed by atoms with Gasteiger partial charge in [0.2, 0.25) is 0 Å². The Bertz CT molecular complexity index is 3780. The van der Waals surface area contributed by atoms with Crippen LogP contribution in [0, 0.1) is 0 Å². The summed E-state index contributed by atoms with van der Waals surface area (Å²) in [7, 11) is 0. The van der Waals surface area contributed by atoms with E-state index in [1.54, 1.807) is 0 Å². The van der Waals surface area contributed by atoms with Crippen molar-refractivity contribution in [2.75, 3.05) is 0 Å². The number of para-hydroxylation sites is 1. The summed E-state index contributed by atoms with van der Waals surface area (Å²) in [6.07, 6.45) is 11.4. The second-order valence-electron chi connectivity index (χ2n) is 15.8. The first-order valence-corrected chi connectivity index (χ1v) is 21.9. The van der Waals surface area contributed by atoms with Crippen LogP contribution in [-0.2, 0) is 0 Å². The smallest absolute Gasteiger partial charge is 0.135 e. The molecule has 8 heteroatoms. The van der Waals surface area contributed by atoms with E-state index in [4.69, 9.17) is 14.4 Å². The molecule has 0 aliphatic rings. The van der Waals surface area contributed by atoms with Crippen LogP contribution < -0.4 is 0 Å². The van der Waals surface area contributed by atoms with E-state index in [-0.39, 0.29) is 0 Å². The van der Waals surface area contributed by atoms with Gasteiger partial charge in [-0.1, -0.05) is 92.7 Å². The molecule has 0 saturated carbocycles. The van der Waals surface area contributed by atoms with Crippen LogP contribution in [0.1, 0.15) is 13.8 Å². The van der Waals surface area contributed by atoms with Gasteiger partial charge < -0.3 is 13.6 Å². The zero-order valence-corrected chi connectivity index (χ0v) is 35.6. The van der Waals surface area contributed by atoms with E-state index in [1.165, 1.54) is 0 Å². The number of fused-ring (bicyclic) bond motifs is 9. The fourth-order valence-electron chi connectivity index (χ4n) is 9.20. The summed E-state index contributed by atoms with van der Waals surface area (Å²) in [6, 6.07) is 56.8. The van der Waals surface area contributed by atoms with Gasteiger partial charge in [-0.25, -0.2) is 9.97 Å². The van der Waals surface area contributed by atoms with Crippen molar-refractivity contribution >= 4 is 65.8 Å². The molecule has 65 heavy (non-hydrogen) atoms. The van der Waals surface area contributed by atoms with Gasteiger partial charge in [-0.05, 0) is 96.1 Å². The summed E-state index contributed by atoms with van der Waals surface area (Å²) in [6.45, 7) is 4.00. The summed E-state index contributed by atoms with van der Waals surface area (Å²) in [5.41, 5.74) is 17.2. The quantitative estimate of drug-likeness (QED) is 0.166. The second-order valence-corrected chi connectivity index (χ2v) is 15.8. The van der Waals surface area contributed by atoms with E-state index in [0.29, 0.717) is 0 Å². The molecule has 0 saturated heterocycles. The molecule has 0 fully saturated rings. The van der Waals surface area contributed by atoms with Gasteiger partial charge >= 0.3 is 0 Å². The van der Waals surface area contributed by atoms with Crippen molar-refractivity contribution in [2.45, 2.75) is 13.8 Å². The molecule has 0 amide bonds. The number of benzene rings is 5. The lowest BCUT2D eigenvalue weighted by Crippen LogP contribution is -1.96. The van der Waals surface area contributed by atoms with Gasteiger partial charge in [0.1, 0.15) is 22.2 Å². The molecule has 0 atom stereocenters. The first kappa shape index (κ1) is 38.0. The van der Waals surface area contributed by atoms with Crippen molar-refractivity contribution in [1.29, 1.82) is 0 Å². The van der Waals surface area contributed by atoms with Crippen LogP contribution in [0.25, 0.3) is 122 Å². The molecule has 0 bridgehead atoms. The lowest BCUT2D eigenvalue weighted by Gasteiger charge is -2.11. The van der Waals surface area contributed by atoms with Crippen LogP contribution >= 0.6 is 0 Å². The Balaban J connectivity index is 0.00000219. The molecule has 5 aromatic carbocycles. The molecular weight excluding hydrogens is 799 g/mol. The zero-order chi connectivity index (χ0) is 43.4. The van der Waals surface area contributed by atoms with Crippen LogP contribution in [0.4, 0.5) is 0 Å². The molecule has 8 nitrogen and oxygen atoms in total. The Morgan fingerprint density at radius 1 is 0.354 bits per heavy atom. The van der Waals surface area contributed by atoms with Gasteiger partial charge in [-0.15, -0.1) is 0 Å². The third-order valence-electron chi connectivity index (χ3n) is 12.2. The highest BCUT2D eigenvalue weighted by molar-refractivity contribution is 6.12. The summed E-state index contributed by atoms with van der Waals surface area (Å²) < 4.78 is 10.8. The number of aromatic nitrogens is 7. The van der Waals surface area contributed by atoms with Gasteiger partial charge in [0.05, 0.1) is 33.5 Å². The normalized spacial score (nSPS) is 11.5. The van der Waals surface area contributed by atoms with Crippen LogP contribution in [0.15, 0.2) is 205 Å². The number of hydrogen-bond acceptors (Lipinski definition) is 6. The van der Waals surface area contributed by atoms with Crippen LogP contribution in [-0.4, -0.2) is 34.1 Å². The minimum Gasteiger partial charge on any atom is -0.456 e. The lowest BCUT2D eigenvalue weighted by atomic mass is 10.0. The highest BCUT2D eigenvalue weighted by Gasteiger charge is 2.21. The number of hydrogen-bond donors (Lipinski definition) is 0. The molecule has 8 heterocycles. The predicted molar refractivity (Wildman–Crippen MR) is 264 cm³/mol. The maximum atomic E-state index is 6.20. The summed E-state index contributed by atoms with van der Waals surface area (Å²) >= 11 is 0. The minimum atomic E-state index is 0.798. The Hall–Kier alpha value is -8.75. The van der Waals surface area contributed by atoms with E-state index < -0.39 is 0 Å². The average molecular weight is 838 g/mol. The fraction of sp³-hybridized carbons (Fsp3) is 0.0351. The number of nitrogens with zero attached hydrogens (tertiary/aromatic N) is 7. The van der Waals surface area contributed by atoms with E-state index >= 15 is 0 Å². The highest BCUT2D eigenvalue weighted by atomic mass is 16.3. The molecule has 0 radical (unpaired) electrons. The standard InChI is InChI=1S/C55H33N7O.C2H6/c1-3-9-34(10-4-1)36-25-38(31-57-29-36)46-17-20-50-54(59-46)55-51(21-18-47(60-55)39-26-37(30-58-32-39)35-11-5-2-6-12-35)62(50)40-15-19-48-43(27-40)45-33-56-24-23-49(45)61(48)41-16-22-53-44(28-41)42-13-7-8-14-52(42)63-53;1-2/h1-33H;1-2H3. The predicted octanol–water partition coefficient (Wildman–Crippen LogP) is 14.4. The molecule has 0 aliphatic carbocycles. The number of rotatable bonds is 6. The monoisotopic (exact) mass is 837 g/mol. The van der Waals surface area contributed by atoms with E-state index in [9.17, 15) is 0 Å². The molecule has 8 aromatic heterocycles. The van der Waals surface area contributed by atoms with Gasteiger partial charge in [-0.2, -0.15) is 0 Å². The lowest BCUT2D eigenvalue weighted by molar-refractivity contribution is 0.669. The van der Waals surface area contributed by atoms with Crippen molar-refractivity contribution in [2.24, 2.45) is 0 Å². The molecule has 0 N–H and O–H groups in total. The summed E-state index contributed by atoms with van der Waals surface area (Å²) in [5, 5.41) is 4.33. The Labute approximate surface area is 373 Å². The Morgan fingerprint density at radius 3 is 1.51 bits per heavy atom. The molecule has 308 valence electrons. The topological polar surface area (TPSA) is 87.5 Å². The van der Waals surface area contributed by atoms with E-state index in [1.807, 2.05) is 99.6 Å². The molecule has 0 spiro atoms. The molecule has 0 aliphatic heterocycles. The SMILES string of the molecule is CC.c1ccc(-c2cncc(-c3ccc4c(n3)c3nc(-c5cncc(-c6ccccc6)c5)ccc3n4-c3ccc4c(c3)c3cnccc3n4-c3ccc4oc5ccccc5c4c3)c2)cc1. The fourth-order valence-corrected chi connectivity index (χ4v) is 9.20. The van der Waals surface area contributed by atoms with E-state index in [2.05, 4.69) is 139 Å². The highest BCUT2D eigenvalue weighted by Crippen LogP contribution is 2.39. The zero-order valence-electron chi connectivity index (χ0n) is 35.6.